The number of nitrogens with one attached hydrogen (secondary N) is 1. The van der Waals surface area contributed by atoms with E-state index < -0.39 is 5.97 Å². The lowest BCUT2D eigenvalue weighted by molar-refractivity contribution is 0.0563. The number of anilines is 1. The van der Waals surface area contributed by atoms with Crippen LogP contribution in [0.25, 0.3) is 0 Å². The Hall–Kier alpha value is -2.43. The first-order chi connectivity index (χ1) is 9.72. The molecule has 0 radical (unpaired) electrons. The minimum atomic E-state index is -0.477. The predicted molar refractivity (Wildman–Crippen MR) is 75.0 cm³/mol. The summed E-state index contributed by atoms with van der Waals surface area (Å²) in [6, 6.07) is 11.0. The number of rotatable bonds is 6. The van der Waals surface area contributed by atoms with Crippen LogP contribution >= 0.6 is 0 Å². The lowest BCUT2D eigenvalue weighted by Crippen LogP contribution is -2.00. The van der Waals surface area contributed by atoms with Gasteiger partial charge in [0, 0.05) is 11.8 Å². The molecular weight excluding hydrogens is 258 g/mol. The lowest BCUT2D eigenvalue weighted by Gasteiger charge is -2.07. The van der Waals surface area contributed by atoms with E-state index in [2.05, 4.69) is 10.1 Å². The van der Waals surface area contributed by atoms with Crippen LogP contribution in [0.2, 0.25) is 0 Å². The third-order valence-corrected chi connectivity index (χ3v) is 2.66. The molecule has 2 aromatic rings. The number of hydrogen-bond acceptors (Lipinski definition) is 5. The van der Waals surface area contributed by atoms with Crippen molar-refractivity contribution in [2.75, 3.05) is 19.0 Å². The van der Waals surface area contributed by atoms with Crippen LogP contribution in [0.5, 0.6) is 5.75 Å². The van der Waals surface area contributed by atoms with Crippen LogP contribution in [0.15, 0.2) is 40.8 Å². The predicted octanol–water partition coefficient (Wildman–Crippen LogP) is 3.08. The first-order valence-corrected chi connectivity index (χ1v) is 6.36. The number of carbonyl (C=O) groups is 1. The monoisotopic (exact) mass is 275 g/mol. The maximum atomic E-state index is 11.3. The number of esters is 1. The van der Waals surface area contributed by atoms with E-state index in [1.165, 1.54) is 7.11 Å². The molecule has 0 aliphatic rings. The minimum absolute atomic E-state index is 0.201. The van der Waals surface area contributed by atoms with Gasteiger partial charge in [0.25, 0.3) is 0 Å². The molecule has 0 aliphatic carbocycles. The van der Waals surface area contributed by atoms with Gasteiger partial charge in [0.15, 0.2) is 0 Å². The summed E-state index contributed by atoms with van der Waals surface area (Å²) in [4.78, 5) is 11.3. The van der Waals surface area contributed by atoms with Crippen molar-refractivity contribution in [1.82, 2.24) is 0 Å². The molecule has 106 valence electrons. The van der Waals surface area contributed by atoms with E-state index in [9.17, 15) is 4.79 Å². The second kappa shape index (κ2) is 6.65. The van der Waals surface area contributed by atoms with E-state index >= 15 is 0 Å². The number of carbonyl (C=O) groups excluding carboxylic acids is 1. The zero-order valence-corrected chi connectivity index (χ0v) is 11.5. The summed E-state index contributed by atoms with van der Waals surface area (Å²) in [7, 11) is 1.32. The van der Waals surface area contributed by atoms with E-state index in [0.29, 0.717) is 18.9 Å². The summed E-state index contributed by atoms with van der Waals surface area (Å²) in [5.41, 5.74) is 0.923. The summed E-state index contributed by atoms with van der Waals surface area (Å²) in [6.45, 7) is 3.05. The Kier molecular flexibility index (Phi) is 4.65. The third kappa shape index (κ3) is 3.54. The number of hydrogen-bond donors (Lipinski definition) is 1. The maximum Gasteiger partial charge on any atom is 0.373 e. The van der Waals surface area contributed by atoms with Crippen molar-refractivity contribution in [2.45, 2.75) is 13.5 Å². The Morgan fingerprint density at radius 3 is 2.90 bits per heavy atom. The third-order valence-electron chi connectivity index (χ3n) is 2.66. The molecule has 1 heterocycles. The maximum absolute atomic E-state index is 11.3. The van der Waals surface area contributed by atoms with Gasteiger partial charge in [-0.2, -0.15) is 0 Å². The van der Waals surface area contributed by atoms with Gasteiger partial charge in [-0.05, 0) is 31.2 Å². The van der Waals surface area contributed by atoms with E-state index in [1.54, 1.807) is 12.1 Å². The fourth-order valence-electron chi connectivity index (χ4n) is 1.73. The Morgan fingerprint density at radius 1 is 1.30 bits per heavy atom. The zero-order chi connectivity index (χ0) is 14.4. The highest BCUT2D eigenvalue weighted by Crippen LogP contribution is 2.18. The van der Waals surface area contributed by atoms with Gasteiger partial charge in [-0.15, -0.1) is 0 Å². The molecule has 0 bridgehead atoms. The molecule has 1 aromatic carbocycles. The van der Waals surface area contributed by atoms with Gasteiger partial charge in [-0.25, -0.2) is 4.79 Å². The van der Waals surface area contributed by atoms with Crippen LogP contribution in [-0.4, -0.2) is 19.7 Å². The fourth-order valence-corrected chi connectivity index (χ4v) is 1.73. The Labute approximate surface area is 117 Å². The van der Waals surface area contributed by atoms with Gasteiger partial charge < -0.3 is 19.2 Å². The highest BCUT2D eigenvalue weighted by atomic mass is 16.5. The van der Waals surface area contributed by atoms with Crippen molar-refractivity contribution in [3.8, 4) is 5.75 Å². The van der Waals surface area contributed by atoms with Crippen molar-refractivity contribution in [3.05, 3.63) is 47.9 Å². The van der Waals surface area contributed by atoms with E-state index in [1.807, 2.05) is 31.2 Å². The van der Waals surface area contributed by atoms with Crippen LogP contribution in [0.1, 0.15) is 23.2 Å². The standard InChI is InChI=1S/C15H17NO4/c1-3-19-12-6-4-5-11(9-12)16-10-13-7-8-14(20-13)15(17)18-2/h4-9,16H,3,10H2,1-2H3. The summed E-state index contributed by atoms with van der Waals surface area (Å²) in [5, 5.41) is 3.20. The van der Waals surface area contributed by atoms with E-state index in [-0.39, 0.29) is 5.76 Å². The van der Waals surface area contributed by atoms with Crippen molar-refractivity contribution < 1.29 is 18.7 Å². The van der Waals surface area contributed by atoms with Crippen LogP contribution < -0.4 is 10.1 Å². The molecule has 0 saturated carbocycles. The summed E-state index contributed by atoms with van der Waals surface area (Å²) < 4.78 is 15.4. The van der Waals surface area contributed by atoms with Gasteiger partial charge in [0.1, 0.15) is 11.5 Å². The van der Waals surface area contributed by atoms with Crippen LogP contribution in [0.4, 0.5) is 5.69 Å². The topological polar surface area (TPSA) is 60.7 Å². The normalized spacial score (nSPS) is 10.1. The number of methoxy groups -OCH3 is 1. The zero-order valence-electron chi connectivity index (χ0n) is 11.5. The van der Waals surface area contributed by atoms with Crippen molar-refractivity contribution >= 4 is 11.7 Å². The highest BCUT2D eigenvalue weighted by molar-refractivity contribution is 5.86. The van der Waals surface area contributed by atoms with Crippen LogP contribution in [-0.2, 0) is 11.3 Å². The minimum Gasteiger partial charge on any atom is -0.494 e. The Bertz CT molecular complexity index is 577. The molecule has 0 fully saturated rings. The SMILES string of the molecule is CCOc1cccc(NCc2ccc(C(=O)OC)o2)c1. The molecule has 0 amide bonds. The van der Waals surface area contributed by atoms with Gasteiger partial charge in [0.05, 0.1) is 20.3 Å². The van der Waals surface area contributed by atoms with Crippen molar-refractivity contribution in [1.29, 1.82) is 0 Å². The molecule has 5 nitrogen and oxygen atoms in total. The molecule has 0 aliphatic heterocycles. The second-order valence-electron chi connectivity index (χ2n) is 4.07. The summed E-state index contributed by atoms with van der Waals surface area (Å²) in [5.74, 6) is 1.20. The lowest BCUT2D eigenvalue weighted by atomic mass is 10.3. The molecule has 1 aromatic heterocycles. The first-order valence-electron chi connectivity index (χ1n) is 6.36. The molecule has 1 N–H and O–H groups in total. The Morgan fingerprint density at radius 2 is 2.15 bits per heavy atom. The van der Waals surface area contributed by atoms with Crippen LogP contribution in [0, 0.1) is 0 Å². The van der Waals surface area contributed by atoms with Crippen molar-refractivity contribution in [3.63, 3.8) is 0 Å². The number of ether oxygens (including phenoxy) is 2. The quantitative estimate of drug-likeness (QED) is 0.821. The molecular formula is C15H17NO4. The van der Waals surface area contributed by atoms with E-state index in [4.69, 9.17) is 9.15 Å². The first kappa shape index (κ1) is 14.0. The molecule has 2 rings (SSSR count). The van der Waals surface area contributed by atoms with Gasteiger partial charge in [-0.1, -0.05) is 6.07 Å². The second-order valence-corrected chi connectivity index (χ2v) is 4.07. The number of benzene rings is 1. The van der Waals surface area contributed by atoms with E-state index in [0.717, 1.165) is 11.4 Å². The summed E-state index contributed by atoms with van der Waals surface area (Å²) >= 11 is 0. The molecule has 20 heavy (non-hydrogen) atoms. The Balaban J connectivity index is 1.96. The molecule has 0 saturated heterocycles. The molecule has 5 heteroatoms. The van der Waals surface area contributed by atoms with Gasteiger partial charge in [-0.3, -0.25) is 0 Å². The highest BCUT2D eigenvalue weighted by Gasteiger charge is 2.10. The average Bonchev–Trinajstić information content (AvgIpc) is 2.94. The van der Waals surface area contributed by atoms with Gasteiger partial charge in [0.2, 0.25) is 5.76 Å². The average molecular weight is 275 g/mol. The summed E-state index contributed by atoms with van der Waals surface area (Å²) in [6.07, 6.45) is 0. The van der Waals surface area contributed by atoms with Crippen molar-refractivity contribution in [2.24, 2.45) is 0 Å². The van der Waals surface area contributed by atoms with Crippen LogP contribution in [0.3, 0.4) is 0 Å². The number of furan rings is 1. The smallest absolute Gasteiger partial charge is 0.373 e. The largest absolute Gasteiger partial charge is 0.494 e. The molecule has 0 atom stereocenters. The molecule has 0 spiro atoms. The fraction of sp³-hybridized carbons (Fsp3) is 0.267. The molecule has 0 unspecified atom stereocenters. The van der Waals surface area contributed by atoms with Gasteiger partial charge >= 0.3 is 5.97 Å².